The molecule has 0 aliphatic carbocycles. The molecule has 5 nitrogen and oxygen atoms in total. The van der Waals surface area contributed by atoms with E-state index in [1.54, 1.807) is 36.4 Å². The highest BCUT2D eigenvalue weighted by Gasteiger charge is 2.27. The fourth-order valence-corrected chi connectivity index (χ4v) is 4.98. The van der Waals surface area contributed by atoms with Gasteiger partial charge in [-0.25, -0.2) is 8.42 Å². The zero-order valence-electron chi connectivity index (χ0n) is 14.5. The quantitative estimate of drug-likeness (QED) is 0.833. The molecule has 0 radical (unpaired) electrons. The first-order valence-corrected chi connectivity index (χ1v) is 10.6. The minimum Gasteiger partial charge on any atom is -0.322 e. The fraction of sp³-hybridized carbons (Fsp3) is 0.316. The molecule has 2 aromatic rings. The van der Waals surface area contributed by atoms with Crippen LogP contribution in [-0.2, 0) is 16.4 Å². The standard InChI is InChI=1S/C19H21ClN2O3S/c1-2-12-26(24,25)22-11-5-6-14-13-15(9-10-18(14)22)21-19(23)16-7-3-4-8-17(16)20/h3-4,7-10,13H,2,5-6,11-12H2,1H3,(H,21,23). The molecule has 0 saturated heterocycles. The molecule has 7 heteroatoms. The monoisotopic (exact) mass is 392 g/mol. The topological polar surface area (TPSA) is 66.5 Å². The molecule has 3 rings (SSSR count). The summed E-state index contributed by atoms with van der Waals surface area (Å²) in [6.45, 7) is 2.36. The minimum atomic E-state index is -3.30. The second kappa shape index (κ2) is 7.68. The van der Waals surface area contributed by atoms with Crippen LogP contribution in [-0.4, -0.2) is 26.6 Å². The Labute approximate surface area is 159 Å². The van der Waals surface area contributed by atoms with Gasteiger partial charge in [-0.15, -0.1) is 0 Å². The lowest BCUT2D eigenvalue weighted by atomic mass is 10.0. The molecule has 0 unspecified atom stereocenters. The van der Waals surface area contributed by atoms with Crippen LogP contribution in [0.25, 0.3) is 0 Å². The van der Waals surface area contributed by atoms with Gasteiger partial charge in [-0.2, -0.15) is 0 Å². The molecule has 1 aliphatic heterocycles. The van der Waals surface area contributed by atoms with Gasteiger partial charge < -0.3 is 5.32 Å². The summed E-state index contributed by atoms with van der Waals surface area (Å²) in [5.74, 6) is -0.154. The van der Waals surface area contributed by atoms with E-state index in [1.165, 1.54) is 4.31 Å². The molecule has 1 amide bonds. The number of aryl methyl sites for hydroxylation is 1. The highest BCUT2D eigenvalue weighted by Crippen LogP contribution is 2.32. The van der Waals surface area contributed by atoms with Crippen LogP contribution < -0.4 is 9.62 Å². The molecular formula is C19H21ClN2O3S. The molecule has 1 heterocycles. The minimum absolute atomic E-state index is 0.136. The van der Waals surface area contributed by atoms with Crippen molar-refractivity contribution in [2.75, 3.05) is 21.9 Å². The average Bonchev–Trinajstić information content (AvgIpc) is 2.61. The summed E-state index contributed by atoms with van der Waals surface area (Å²) in [5, 5.41) is 3.23. The Balaban J connectivity index is 1.85. The summed E-state index contributed by atoms with van der Waals surface area (Å²) >= 11 is 6.07. The van der Waals surface area contributed by atoms with Crippen molar-refractivity contribution >= 4 is 38.9 Å². The zero-order chi connectivity index (χ0) is 18.7. The van der Waals surface area contributed by atoms with Crippen molar-refractivity contribution in [3.63, 3.8) is 0 Å². The SMILES string of the molecule is CCCS(=O)(=O)N1CCCc2cc(NC(=O)c3ccccc3Cl)ccc21. The molecule has 1 aliphatic rings. The maximum atomic E-state index is 12.5. The highest BCUT2D eigenvalue weighted by molar-refractivity contribution is 7.92. The number of carbonyl (C=O) groups is 1. The van der Waals surface area contributed by atoms with Crippen LogP contribution in [0.3, 0.4) is 0 Å². The smallest absolute Gasteiger partial charge is 0.257 e. The van der Waals surface area contributed by atoms with E-state index in [1.807, 2.05) is 13.0 Å². The summed E-state index contributed by atoms with van der Waals surface area (Å²) < 4.78 is 26.4. The van der Waals surface area contributed by atoms with Crippen molar-refractivity contribution in [2.45, 2.75) is 26.2 Å². The van der Waals surface area contributed by atoms with Gasteiger partial charge in [0.2, 0.25) is 10.0 Å². The third-order valence-corrected chi connectivity index (χ3v) is 6.63. The third-order valence-electron chi connectivity index (χ3n) is 4.33. The summed E-state index contributed by atoms with van der Waals surface area (Å²) in [6.07, 6.45) is 2.13. The number of sulfonamides is 1. The Morgan fingerprint density at radius 1 is 1.23 bits per heavy atom. The normalized spacial score (nSPS) is 14.0. The molecular weight excluding hydrogens is 372 g/mol. The van der Waals surface area contributed by atoms with Gasteiger partial charge in [-0.05, 0) is 55.2 Å². The van der Waals surface area contributed by atoms with E-state index < -0.39 is 10.0 Å². The number of rotatable bonds is 5. The predicted octanol–water partition coefficient (Wildman–Crippen LogP) is 4.08. The van der Waals surface area contributed by atoms with Crippen LogP contribution >= 0.6 is 11.6 Å². The number of amides is 1. The van der Waals surface area contributed by atoms with Crippen molar-refractivity contribution in [2.24, 2.45) is 0 Å². The van der Waals surface area contributed by atoms with E-state index in [2.05, 4.69) is 5.32 Å². The lowest BCUT2D eigenvalue weighted by Crippen LogP contribution is -2.37. The molecule has 1 N–H and O–H groups in total. The number of hydrogen-bond donors (Lipinski definition) is 1. The number of benzene rings is 2. The van der Waals surface area contributed by atoms with Gasteiger partial charge in [0.05, 0.1) is 22.0 Å². The van der Waals surface area contributed by atoms with Gasteiger partial charge in [0, 0.05) is 12.2 Å². The average molecular weight is 393 g/mol. The summed E-state index contributed by atoms with van der Waals surface area (Å²) in [7, 11) is -3.30. The number of fused-ring (bicyclic) bond motifs is 1. The molecule has 0 bridgehead atoms. The van der Waals surface area contributed by atoms with E-state index in [0.29, 0.717) is 34.9 Å². The second-order valence-electron chi connectivity index (χ2n) is 6.27. The Morgan fingerprint density at radius 2 is 2.00 bits per heavy atom. The predicted molar refractivity (Wildman–Crippen MR) is 106 cm³/mol. The highest BCUT2D eigenvalue weighted by atomic mass is 35.5. The number of nitrogens with one attached hydrogen (secondary N) is 1. The van der Waals surface area contributed by atoms with Crippen molar-refractivity contribution in [3.05, 3.63) is 58.6 Å². The molecule has 0 fully saturated rings. The van der Waals surface area contributed by atoms with Crippen LogP contribution in [0.4, 0.5) is 11.4 Å². The number of hydrogen-bond acceptors (Lipinski definition) is 3. The largest absolute Gasteiger partial charge is 0.322 e. The van der Waals surface area contributed by atoms with Crippen molar-refractivity contribution in [3.8, 4) is 0 Å². The maximum Gasteiger partial charge on any atom is 0.257 e. The van der Waals surface area contributed by atoms with Gasteiger partial charge in [-0.1, -0.05) is 30.7 Å². The molecule has 0 aromatic heterocycles. The zero-order valence-corrected chi connectivity index (χ0v) is 16.1. The van der Waals surface area contributed by atoms with E-state index in [0.717, 1.165) is 18.4 Å². The van der Waals surface area contributed by atoms with Crippen LogP contribution in [0.1, 0.15) is 35.7 Å². The Morgan fingerprint density at radius 3 is 2.73 bits per heavy atom. The van der Waals surface area contributed by atoms with Crippen LogP contribution in [0.2, 0.25) is 5.02 Å². The van der Waals surface area contributed by atoms with Crippen LogP contribution in [0.15, 0.2) is 42.5 Å². The lowest BCUT2D eigenvalue weighted by Gasteiger charge is -2.30. The molecule has 0 atom stereocenters. The molecule has 0 saturated carbocycles. The maximum absolute atomic E-state index is 12.5. The Bertz CT molecular complexity index is 928. The molecule has 26 heavy (non-hydrogen) atoms. The first kappa shape index (κ1) is 18.7. The molecule has 138 valence electrons. The number of carbonyl (C=O) groups excluding carboxylic acids is 1. The summed E-state index contributed by atoms with van der Waals surface area (Å²) in [5.41, 5.74) is 2.66. The van der Waals surface area contributed by atoms with Crippen molar-refractivity contribution < 1.29 is 13.2 Å². The molecule has 0 spiro atoms. The number of nitrogens with zero attached hydrogens (tertiary/aromatic N) is 1. The van der Waals surface area contributed by atoms with E-state index >= 15 is 0 Å². The Hall–Kier alpha value is -2.05. The van der Waals surface area contributed by atoms with Crippen molar-refractivity contribution in [1.29, 1.82) is 0 Å². The first-order chi connectivity index (χ1) is 12.4. The summed E-state index contributed by atoms with van der Waals surface area (Å²) in [4.78, 5) is 12.4. The van der Waals surface area contributed by atoms with Crippen LogP contribution in [0.5, 0.6) is 0 Å². The fourth-order valence-electron chi connectivity index (χ4n) is 3.14. The molecule has 2 aromatic carbocycles. The van der Waals surface area contributed by atoms with Gasteiger partial charge in [0.25, 0.3) is 5.91 Å². The van der Waals surface area contributed by atoms with Gasteiger partial charge >= 0.3 is 0 Å². The van der Waals surface area contributed by atoms with E-state index in [-0.39, 0.29) is 11.7 Å². The number of halogens is 1. The lowest BCUT2D eigenvalue weighted by molar-refractivity contribution is 0.102. The third kappa shape index (κ3) is 3.86. The van der Waals surface area contributed by atoms with Gasteiger partial charge in [-0.3, -0.25) is 9.10 Å². The second-order valence-corrected chi connectivity index (χ2v) is 8.69. The van der Waals surface area contributed by atoms with E-state index in [4.69, 9.17) is 11.6 Å². The van der Waals surface area contributed by atoms with Gasteiger partial charge in [0.1, 0.15) is 0 Å². The van der Waals surface area contributed by atoms with E-state index in [9.17, 15) is 13.2 Å². The van der Waals surface area contributed by atoms with Crippen LogP contribution in [0, 0.1) is 0 Å². The number of anilines is 2. The Kier molecular flexibility index (Phi) is 5.53. The van der Waals surface area contributed by atoms with Crippen molar-refractivity contribution in [1.82, 2.24) is 0 Å². The first-order valence-electron chi connectivity index (χ1n) is 8.61. The summed E-state index contributed by atoms with van der Waals surface area (Å²) in [6, 6.07) is 12.2. The van der Waals surface area contributed by atoms with Gasteiger partial charge in [0.15, 0.2) is 0 Å².